The van der Waals surface area contributed by atoms with Crippen LogP contribution in [0.3, 0.4) is 0 Å². The van der Waals surface area contributed by atoms with E-state index in [9.17, 15) is 9.36 Å². The van der Waals surface area contributed by atoms with E-state index in [0.717, 1.165) is 0 Å². The molecule has 95 valence electrons. The molecule has 0 unspecified atom stereocenters. The van der Waals surface area contributed by atoms with Gasteiger partial charge in [0.2, 0.25) is 0 Å². The third-order valence-corrected chi connectivity index (χ3v) is 2.37. The summed E-state index contributed by atoms with van der Waals surface area (Å²) in [6, 6.07) is 4.65. The first-order valence-corrected chi connectivity index (χ1v) is 6.13. The minimum atomic E-state index is -4.56. The zero-order chi connectivity index (χ0) is 13.1. The van der Waals surface area contributed by atoms with E-state index in [2.05, 4.69) is 4.52 Å². The van der Waals surface area contributed by atoms with Gasteiger partial charge >= 0.3 is 13.8 Å². The van der Waals surface area contributed by atoms with E-state index in [-0.39, 0.29) is 41.7 Å². The van der Waals surface area contributed by atoms with Crippen molar-refractivity contribution in [1.29, 1.82) is 0 Å². The number of phosphoric acid groups is 1. The van der Waals surface area contributed by atoms with Crippen LogP contribution in [0.5, 0.6) is 5.75 Å². The monoisotopic (exact) mass is 284 g/mol. The summed E-state index contributed by atoms with van der Waals surface area (Å²) in [4.78, 5) is 27.6. The van der Waals surface area contributed by atoms with E-state index in [4.69, 9.17) is 20.6 Å². The number of nitrogens with two attached hydrogens (primary N) is 1. The molecule has 0 aliphatic rings. The maximum Gasteiger partial charge on any atom is 0.524 e. The van der Waals surface area contributed by atoms with Gasteiger partial charge in [-0.05, 0) is 24.1 Å². The van der Waals surface area contributed by atoms with E-state index >= 15 is 0 Å². The van der Waals surface area contributed by atoms with Crippen molar-refractivity contribution in [2.24, 2.45) is 5.73 Å². The Balaban J connectivity index is 0.00000289. The Labute approximate surface area is 125 Å². The number of carbonyl (C=O) groups is 1. The molecule has 0 fully saturated rings. The summed E-state index contributed by atoms with van der Waals surface area (Å²) in [5.41, 5.74) is 5.97. The van der Waals surface area contributed by atoms with Gasteiger partial charge in [0.15, 0.2) is 0 Å². The Morgan fingerprint density at radius 3 is 2.22 bits per heavy atom. The molecular formula is C9H12NNaO6P. The number of hydrogen-bond donors (Lipinski definition) is 4. The molecule has 0 aromatic heterocycles. The predicted molar refractivity (Wildman–Crippen MR) is 64.2 cm³/mol. The summed E-state index contributed by atoms with van der Waals surface area (Å²) >= 11 is 0. The minimum absolute atomic E-state index is 0. The summed E-state index contributed by atoms with van der Waals surface area (Å²) in [6.45, 7) is 0. The first kappa shape index (κ1) is 17.6. The van der Waals surface area contributed by atoms with E-state index in [0.29, 0.717) is 5.56 Å². The average molecular weight is 284 g/mol. The molecule has 7 nitrogen and oxygen atoms in total. The zero-order valence-electron chi connectivity index (χ0n) is 9.68. The van der Waals surface area contributed by atoms with Crippen molar-refractivity contribution < 1.29 is 28.8 Å². The number of carboxylic acids is 1. The normalized spacial score (nSPS) is 12.4. The van der Waals surface area contributed by atoms with Crippen molar-refractivity contribution in [1.82, 2.24) is 0 Å². The first-order valence-electron chi connectivity index (χ1n) is 4.60. The molecule has 1 aromatic carbocycles. The molecule has 0 spiro atoms. The topological polar surface area (TPSA) is 130 Å². The Kier molecular flexibility index (Phi) is 7.09. The van der Waals surface area contributed by atoms with Crippen molar-refractivity contribution in [2.45, 2.75) is 12.5 Å². The van der Waals surface area contributed by atoms with Crippen molar-refractivity contribution >= 4 is 43.3 Å². The van der Waals surface area contributed by atoms with Gasteiger partial charge in [-0.1, -0.05) is 12.1 Å². The molecule has 1 radical (unpaired) electrons. The van der Waals surface area contributed by atoms with Crippen molar-refractivity contribution in [3.8, 4) is 5.75 Å². The molecule has 1 rings (SSSR count). The molecule has 0 amide bonds. The van der Waals surface area contributed by atoms with Crippen LogP contribution >= 0.6 is 7.82 Å². The smallest absolute Gasteiger partial charge is 0.480 e. The number of aliphatic carboxylic acids is 1. The molecule has 5 N–H and O–H groups in total. The van der Waals surface area contributed by atoms with Gasteiger partial charge in [0, 0.05) is 29.6 Å². The molecule has 1 atom stereocenters. The van der Waals surface area contributed by atoms with E-state index < -0.39 is 19.8 Å². The van der Waals surface area contributed by atoms with Gasteiger partial charge in [0.25, 0.3) is 0 Å². The quantitative estimate of drug-likeness (QED) is 0.432. The van der Waals surface area contributed by atoms with Gasteiger partial charge in [-0.25, -0.2) is 4.57 Å². The maximum atomic E-state index is 10.5. The summed E-state index contributed by atoms with van der Waals surface area (Å²) in [6.07, 6.45) is 0.130. The third-order valence-electron chi connectivity index (χ3n) is 1.92. The van der Waals surface area contributed by atoms with Crippen molar-refractivity contribution in [3.63, 3.8) is 0 Å². The Hall–Kier alpha value is -0.400. The van der Waals surface area contributed by atoms with Crippen molar-refractivity contribution in [2.75, 3.05) is 0 Å². The largest absolute Gasteiger partial charge is 0.524 e. The number of benzene rings is 1. The number of phosphoric ester groups is 1. The second-order valence-electron chi connectivity index (χ2n) is 3.37. The SMILES string of the molecule is N[C@@H](Cc1ccc(OP(=O)(O)O)cc1)C(=O)O.[Na]. The third kappa shape index (κ3) is 6.51. The van der Waals surface area contributed by atoms with Gasteiger partial charge in [-0.15, -0.1) is 0 Å². The molecular weight excluding hydrogens is 272 g/mol. The Bertz CT molecular complexity index is 445. The molecule has 9 heteroatoms. The van der Waals surface area contributed by atoms with Crippen LogP contribution in [0.25, 0.3) is 0 Å². The second-order valence-corrected chi connectivity index (χ2v) is 4.54. The van der Waals surface area contributed by atoms with Crippen LogP contribution in [-0.4, -0.2) is 56.5 Å². The fourth-order valence-electron chi connectivity index (χ4n) is 1.16. The Morgan fingerprint density at radius 2 is 1.83 bits per heavy atom. The summed E-state index contributed by atoms with van der Waals surface area (Å²) in [7, 11) is -4.56. The van der Waals surface area contributed by atoms with Crippen LogP contribution in [0.1, 0.15) is 5.56 Å². The predicted octanol–water partition coefficient (Wildman–Crippen LogP) is -0.268. The van der Waals surface area contributed by atoms with Crippen LogP contribution in [0.2, 0.25) is 0 Å². The minimum Gasteiger partial charge on any atom is -0.480 e. The molecule has 0 aliphatic carbocycles. The average Bonchev–Trinajstić information content (AvgIpc) is 2.18. The zero-order valence-corrected chi connectivity index (χ0v) is 12.6. The van der Waals surface area contributed by atoms with Gasteiger partial charge < -0.3 is 15.4 Å². The van der Waals surface area contributed by atoms with Crippen LogP contribution in [0.4, 0.5) is 0 Å². The van der Waals surface area contributed by atoms with Crippen LogP contribution in [0, 0.1) is 0 Å². The van der Waals surface area contributed by atoms with Crippen LogP contribution < -0.4 is 10.3 Å². The van der Waals surface area contributed by atoms with Crippen LogP contribution in [-0.2, 0) is 15.8 Å². The molecule has 0 saturated carbocycles. The number of hydrogen-bond acceptors (Lipinski definition) is 4. The Morgan fingerprint density at radius 1 is 1.33 bits per heavy atom. The van der Waals surface area contributed by atoms with Crippen LogP contribution in [0.15, 0.2) is 24.3 Å². The van der Waals surface area contributed by atoms with E-state index in [1.54, 1.807) is 0 Å². The molecule has 0 saturated heterocycles. The van der Waals surface area contributed by atoms with Gasteiger partial charge in [-0.3, -0.25) is 14.6 Å². The maximum absolute atomic E-state index is 10.5. The van der Waals surface area contributed by atoms with E-state index in [1.807, 2.05) is 0 Å². The second kappa shape index (κ2) is 7.25. The number of rotatable bonds is 5. The molecule has 0 heterocycles. The summed E-state index contributed by atoms with van der Waals surface area (Å²) in [5.74, 6) is -1.11. The van der Waals surface area contributed by atoms with Gasteiger partial charge in [0.1, 0.15) is 11.8 Å². The van der Waals surface area contributed by atoms with E-state index in [1.165, 1.54) is 24.3 Å². The molecule has 0 aliphatic heterocycles. The molecule has 18 heavy (non-hydrogen) atoms. The number of carboxylic acid groups (broad SMARTS) is 1. The van der Waals surface area contributed by atoms with Gasteiger partial charge in [0.05, 0.1) is 0 Å². The van der Waals surface area contributed by atoms with Crippen molar-refractivity contribution in [3.05, 3.63) is 29.8 Å². The summed E-state index contributed by atoms with van der Waals surface area (Å²) < 4.78 is 14.9. The summed E-state index contributed by atoms with van der Waals surface area (Å²) in [5, 5.41) is 8.60. The molecule has 0 bridgehead atoms. The standard InChI is InChI=1S/C9H12NO6P.Na/c10-8(9(11)12)5-6-1-3-7(4-2-6)16-17(13,14)15;/h1-4,8H,5,10H2,(H,11,12)(H2,13,14,15);/t8-;/m0./s1. The fourth-order valence-corrected chi connectivity index (χ4v) is 1.56. The first-order chi connectivity index (χ1) is 7.78. The molecule has 1 aromatic rings. The van der Waals surface area contributed by atoms with Gasteiger partial charge in [-0.2, -0.15) is 0 Å². The fraction of sp³-hybridized carbons (Fsp3) is 0.222.